The normalized spacial score (nSPS) is 17.2. The first-order valence-corrected chi connectivity index (χ1v) is 15.5. The van der Waals surface area contributed by atoms with Gasteiger partial charge in [-0.15, -0.1) is 0 Å². The van der Waals surface area contributed by atoms with E-state index in [1.54, 1.807) is 26.2 Å². The molecule has 2 aliphatic rings. The van der Waals surface area contributed by atoms with Crippen molar-refractivity contribution in [3.63, 3.8) is 0 Å². The van der Waals surface area contributed by atoms with Gasteiger partial charge >= 0.3 is 6.18 Å². The second kappa shape index (κ2) is 12.0. The first kappa shape index (κ1) is 32.6. The maximum atomic E-state index is 13.4. The Hall–Kier alpha value is -5.38. The fourth-order valence-electron chi connectivity index (χ4n) is 6.42. The lowest BCUT2D eigenvalue weighted by atomic mass is 9.92. The topological polar surface area (TPSA) is 125 Å². The van der Waals surface area contributed by atoms with Gasteiger partial charge in [0.15, 0.2) is 0 Å². The van der Waals surface area contributed by atoms with Crippen LogP contribution in [-0.2, 0) is 32.5 Å². The third kappa shape index (κ3) is 5.94. The van der Waals surface area contributed by atoms with Gasteiger partial charge in [-0.3, -0.25) is 24.4 Å². The summed E-state index contributed by atoms with van der Waals surface area (Å²) >= 11 is 0. The standard InChI is InChI=1S/C35H34F3N7O3/c1-20-27-10-9-26(14-28(27)21(2)45(20)30-11-12-31(46)42-32(30)47)43-17-23(18-43)6-5-22-16-40-44(19-22)34(3,4)33(48)41-25-8-7-24(15-39)29(13-25)35(36,37)38/h7-10,13-14,16,19,23,30H,1-2,5-6,11-12,17-18H2,3-4H3,(H,41,48)(H,42,46,47). The number of hydrogen-bond donors (Lipinski definition) is 2. The number of piperidine rings is 1. The molecular weight excluding hydrogens is 623 g/mol. The first-order valence-electron chi connectivity index (χ1n) is 15.5. The third-order valence-corrected chi connectivity index (χ3v) is 9.36. The number of imide groups is 1. The monoisotopic (exact) mass is 657 g/mol. The number of hydrogen-bond acceptors (Lipinski definition) is 6. The van der Waals surface area contributed by atoms with Crippen molar-refractivity contribution in [1.82, 2.24) is 19.7 Å². The second-order valence-corrected chi connectivity index (χ2v) is 12.9. The largest absolute Gasteiger partial charge is 0.417 e. The molecule has 6 rings (SSSR count). The molecule has 48 heavy (non-hydrogen) atoms. The number of nitrogens with zero attached hydrogens (tertiary/aromatic N) is 5. The summed E-state index contributed by atoms with van der Waals surface area (Å²) in [5.41, 5.74) is -0.906. The van der Waals surface area contributed by atoms with Crippen LogP contribution in [-0.4, -0.2) is 45.2 Å². The van der Waals surface area contributed by atoms with Crippen LogP contribution in [0.5, 0.6) is 0 Å². The van der Waals surface area contributed by atoms with Crippen LogP contribution in [0.2, 0.25) is 0 Å². The van der Waals surface area contributed by atoms with Crippen molar-refractivity contribution in [2.24, 2.45) is 5.92 Å². The molecule has 2 aromatic heterocycles. The number of nitriles is 1. The average molecular weight is 658 g/mol. The molecule has 4 aromatic rings. The van der Waals surface area contributed by atoms with Crippen LogP contribution in [0, 0.1) is 17.2 Å². The highest BCUT2D eigenvalue weighted by Crippen LogP contribution is 2.34. The molecule has 2 aromatic carbocycles. The second-order valence-electron chi connectivity index (χ2n) is 12.9. The van der Waals surface area contributed by atoms with Crippen LogP contribution < -0.4 is 26.2 Å². The first-order chi connectivity index (χ1) is 22.7. The highest BCUT2D eigenvalue weighted by atomic mass is 19.4. The van der Waals surface area contributed by atoms with Gasteiger partial charge in [0.2, 0.25) is 11.8 Å². The van der Waals surface area contributed by atoms with E-state index < -0.39 is 34.8 Å². The number of aryl methyl sites for hydroxylation is 1. The molecule has 2 N–H and O–H groups in total. The summed E-state index contributed by atoms with van der Waals surface area (Å²) in [5.74, 6) is -0.718. The quantitative estimate of drug-likeness (QED) is 0.277. The van der Waals surface area contributed by atoms with Crippen molar-refractivity contribution in [3.8, 4) is 6.07 Å². The summed E-state index contributed by atoms with van der Waals surface area (Å²) in [6, 6.07) is 10.2. The van der Waals surface area contributed by atoms with Crippen molar-refractivity contribution in [2.45, 2.75) is 57.3 Å². The molecule has 2 aliphatic heterocycles. The minimum absolute atomic E-state index is 0.0643. The Bertz CT molecular complexity index is 2100. The molecule has 10 nitrogen and oxygen atoms in total. The zero-order chi connectivity index (χ0) is 34.5. The number of fused-ring (bicyclic) bond motifs is 1. The molecule has 0 aliphatic carbocycles. The molecule has 4 heterocycles. The van der Waals surface area contributed by atoms with Crippen molar-refractivity contribution < 1.29 is 27.6 Å². The van der Waals surface area contributed by atoms with Crippen molar-refractivity contribution >= 4 is 53.0 Å². The van der Waals surface area contributed by atoms with E-state index in [0.29, 0.717) is 23.0 Å². The fraction of sp³-hybridized carbons (Fsp3) is 0.343. The van der Waals surface area contributed by atoms with Crippen LogP contribution in [0.4, 0.5) is 24.5 Å². The molecule has 1 atom stereocenters. The molecular formula is C35H34F3N7O3. The van der Waals surface area contributed by atoms with Gasteiger partial charge in [0.05, 0.1) is 23.4 Å². The Morgan fingerprint density at radius 1 is 1.10 bits per heavy atom. The fourth-order valence-corrected chi connectivity index (χ4v) is 6.42. The molecule has 248 valence electrons. The summed E-state index contributed by atoms with van der Waals surface area (Å²) < 4.78 is 43.5. The van der Waals surface area contributed by atoms with Crippen molar-refractivity contribution in [1.29, 1.82) is 5.26 Å². The molecule has 1 unspecified atom stereocenters. The van der Waals surface area contributed by atoms with Crippen molar-refractivity contribution in [3.05, 3.63) is 76.2 Å². The van der Waals surface area contributed by atoms with E-state index in [-0.39, 0.29) is 23.9 Å². The third-order valence-electron chi connectivity index (χ3n) is 9.36. The average Bonchev–Trinajstić information content (AvgIpc) is 3.59. The minimum Gasteiger partial charge on any atom is -0.371 e. The molecule has 0 saturated carbocycles. The van der Waals surface area contributed by atoms with E-state index in [2.05, 4.69) is 39.9 Å². The van der Waals surface area contributed by atoms with Gasteiger partial charge in [0, 0.05) is 58.6 Å². The molecule has 0 spiro atoms. The number of nitrogens with one attached hydrogen (secondary N) is 2. The van der Waals surface area contributed by atoms with Gasteiger partial charge in [0.1, 0.15) is 11.6 Å². The molecule has 2 saturated heterocycles. The number of anilines is 2. The van der Waals surface area contributed by atoms with Crippen LogP contribution in [0.1, 0.15) is 55.8 Å². The number of rotatable bonds is 8. The molecule has 3 amide bonds. The number of carbonyl (C=O) groups is 3. The Balaban J connectivity index is 1.06. The maximum absolute atomic E-state index is 13.4. The number of amides is 3. The number of alkyl halides is 3. The van der Waals surface area contributed by atoms with E-state index in [9.17, 15) is 27.6 Å². The Morgan fingerprint density at radius 2 is 1.83 bits per heavy atom. The zero-order valence-corrected chi connectivity index (χ0v) is 26.5. The van der Waals surface area contributed by atoms with Crippen molar-refractivity contribution in [2.75, 3.05) is 23.3 Å². The van der Waals surface area contributed by atoms with Gasteiger partial charge in [-0.2, -0.15) is 23.5 Å². The van der Waals surface area contributed by atoms with Crippen LogP contribution in [0.25, 0.3) is 23.9 Å². The van der Waals surface area contributed by atoms with Gasteiger partial charge in [0.25, 0.3) is 5.91 Å². The number of benzene rings is 2. The SMILES string of the molecule is C=c1c2ccc(N3CC(CCc4cnn(C(C)(C)C(=O)Nc5ccc(C#N)c(C(F)(F)F)c5)c4)C3)cc2c(=C)n1C1CCC(=O)NC1=O. The van der Waals surface area contributed by atoms with Gasteiger partial charge in [-0.1, -0.05) is 19.2 Å². The Kier molecular flexibility index (Phi) is 8.15. The van der Waals surface area contributed by atoms with Crippen LogP contribution >= 0.6 is 0 Å². The summed E-state index contributed by atoms with van der Waals surface area (Å²) in [6.45, 7) is 13.4. The summed E-state index contributed by atoms with van der Waals surface area (Å²) in [6.07, 6.45) is 1.06. The zero-order valence-electron chi connectivity index (χ0n) is 26.5. The molecule has 13 heteroatoms. The summed E-state index contributed by atoms with van der Waals surface area (Å²) in [4.78, 5) is 39.6. The highest BCUT2D eigenvalue weighted by Gasteiger charge is 2.36. The number of carbonyl (C=O) groups excluding carboxylic acids is 3. The maximum Gasteiger partial charge on any atom is 0.417 e. The lowest BCUT2D eigenvalue weighted by Crippen LogP contribution is -2.47. The molecule has 0 radical (unpaired) electrons. The Labute approximate surface area is 274 Å². The lowest BCUT2D eigenvalue weighted by molar-refractivity contribution is -0.138. The van der Waals surface area contributed by atoms with Gasteiger partial charge < -0.3 is 14.8 Å². The van der Waals surface area contributed by atoms with Gasteiger partial charge in [-0.05, 0) is 74.9 Å². The summed E-state index contributed by atoms with van der Waals surface area (Å²) in [7, 11) is 0. The van der Waals surface area contributed by atoms with E-state index in [1.165, 1.54) is 16.8 Å². The van der Waals surface area contributed by atoms with E-state index in [1.807, 2.05) is 16.7 Å². The van der Waals surface area contributed by atoms with E-state index >= 15 is 0 Å². The van der Waals surface area contributed by atoms with Crippen LogP contribution in [0.3, 0.4) is 0 Å². The predicted octanol–water partition coefficient (Wildman–Crippen LogP) is 3.97. The summed E-state index contributed by atoms with van der Waals surface area (Å²) in [5, 5.41) is 21.6. The number of halogens is 3. The molecule has 2 fully saturated rings. The Morgan fingerprint density at radius 3 is 2.52 bits per heavy atom. The number of aromatic nitrogens is 3. The van der Waals surface area contributed by atoms with Crippen LogP contribution in [0.15, 0.2) is 48.8 Å². The predicted molar refractivity (Wildman–Crippen MR) is 174 cm³/mol. The lowest BCUT2D eigenvalue weighted by Gasteiger charge is -2.41. The smallest absolute Gasteiger partial charge is 0.371 e. The highest BCUT2D eigenvalue weighted by molar-refractivity contribution is 6.00. The van der Waals surface area contributed by atoms with Gasteiger partial charge in [-0.25, -0.2) is 0 Å². The van der Waals surface area contributed by atoms with E-state index in [4.69, 9.17) is 5.26 Å². The molecule has 0 bridgehead atoms. The van der Waals surface area contributed by atoms with E-state index in [0.717, 1.165) is 60.1 Å². The minimum atomic E-state index is -4.73.